The fraction of sp³-hybridized carbons (Fsp3) is 0.111. The molecule has 1 amide bonds. The molecule has 2 aromatic rings. The summed E-state index contributed by atoms with van der Waals surface area (Å²) in [5.41, 5.74) is 2.21. The first-order chi connectivity index (χ1) is 12.3. The zero-order valence-corrected chi connectivity index (χ0v) is 14.9. The minimum atomic E-state index is -4.29. The number of methoxy groups -OCH3 is 1. The molecule has 0 radical (unpaired) electrons. The average Bonchev–Trinajstić information content (AvgIpc) is 2.90. The maximum Gasteiger partial charge on any atom is 0.294 e. The SMILES string of the molecule is COc1ccc(C=C2C(=O)N(c3ccc(S(=O)(=O)O)cc3)N=C2C)cc1. The number of anilines is 1. The van der Waals surface area contributed by atoms with Crippen LogP contribution in [0.3, 0.4) is 0 Å². The Morgan fingerprint density at radius 3 is 2.23 bits per heavy atom. The summed E-state index contributed by atoms with van der Waals surface area (Å²) < 4.78 is 36.4. The number of rotatable bonds is 4. The van der Waals surface area contributed by atoms with E-state index in [4.69, 9.17) is 9.29 Å². The third-order valence-corrected chi connectivity index (χ3v) is 4.74. The highest BCUT2D eigenvalue weighted by Gasteiger charge is 2.28. The zero-order chi connectivity index (χ0) is 18.9. The van der Waals surface area contributed by atoms with Crippen LogP contribution in [-0.2, 0) is 14.9 Å². The molecule has 8 heteroatoms. The molecule has 1 aliphatic heterocycles. The fourth-order valence-electron chi connectivity index (χ4n) is 2.49. The highest BCUT2D eigenvalue weighted by molar-refractivity contribution is 7.85. The molecule has 0 atom stereocenters. The van der Waals surface area contributed by atoms with Crippen LogP contribution in [0.4, 0.5) is 5.69 Å². The molecule has 1 heterocycles. The largest absolute Gasteiger partial charge is 0.497 e. The van der Waals surface area contributed by atoms with Gasteiger partial charge in [-0.2, -0.15) is 18.5 Å². The van der Waals surface area contributed by atoms with Gasteiger partial charge in [-0.05, 0) is 55.0 Å². The lowest BCUT2D eigenvalue weighted by atomic mass is 10.1. The number of benzene rings is 2. The Morgan fingerprint density at radius 1 is 1.08 bits per heavy atom. The van der Waals surface area contributed by atoms with E-state index in [0.29, 0.717) is 17.0 Å². The van der Waals surface area contributed by atoms with E-state index < -0.39 is 10.1 Å². The van der Waals surface area contributed by atoms with E-state index in [0.717, 1.165) is 11.3 Å². The van der Waals surface area contributed by atoms with Crippen molar-refractivity contribution in [3.8, 4) is 5.75 Å². The van der Waals surface area contributed by atoms with Crippen molar-refractivity contribution in [3.63, 3.8) is 0 Å². The third-order valence-electron chi connectivity index (χ3n) is 3.87. The molecule has 0 saturated carbocycles. The summed E-state index contributed by atoms with van der Waals surface area (Å²) in [6.45, 7) is 1.72. The Morgan fingerprint density at radius 2 is 1.69 bits per heavy atom. The molecule has 134 valence electrons. The predicted molar refractivity (Wildman–Crippen MR) is 97.8 cm³/mol. The summed E-state index contributed by atoms with van der Waals surface area (Å²) in [6.07, 6.45) is 1.73. The molecule has 0 spiro atoms. The van der Waals surface area contributed by atoms with Crippen molar-refractivity contribution < 1.29 is 22.5 Å². The van der Waals surface area contributed by atoms with E-state index >= 15 is 0 Å². The van der Waals surface area contributed by atoms with Crippen molar-refractivity contribution in [2.24, 2.45) is 5.10 Å². The van der Waals surface area contributed by atoms with Crippen molar-refractivity contribution >= 4 is 33.5 Å². The zero-order valence-electron chi connectivity index (χ0n) is 14.1. The monoisotopic (exact) mass is 372 g/mol. The smallest absolute Gasteiger partial charge is 0.294 e. The van der Waals surface area contributed by atoms with Gasteiger partial charge in [0, 0.05) is 0 Å². The van der Waals surface area contributed by atoms with Gasteiger partial charge >= 0.3 is 0 Å². The minimum absolute atomic E-state index is 0.248. The number of hydrogen-bond acceptors (Lipinski definition) is 5. The first kappa shape index (κ1) is 17.8. The molecule has 26 heavy (non-hydrogen) atoms. The van der Waals surface area contributed by atoms with Crippen LogP contribution < -0.4 is 9.75 Å². The molecular formula is C18H16N2O5S. The van der Waals surface area contributed by atoms with Crippen molar-refractivity contribution in [3.05, 3.63) is 59.7 Å². The maximum atomic E-state index is 12.7. The Balaban J connectivity index is 1.88. The van der Waals surface area contributed by atoms with Crippen molar-refractivity contribution in [2.75, 3.05) is 12.1 Å². The molecule has 0 fully saturated rings. The Kier molecular flexibility index (Phi) is 4.62. The van der Waals surface area contributed by atoms with Gasteiger partial charge in [-0.15, -0.1) is 0 Å². The number of carbonyl (C=O) groups is 1. The van der Waals surface area contributed by atoms with Crippen molar-refractivity contribution in [1.29, 1.82) is 0 Å². The summed E-state index contributed by atoms with van der Waals surface area (Å²) in [5, 5.41) is 5.43. The predicted octanol–water partition coefficient (Wildman–Crippen LogP) is 2.75. The molecule has 0 unspecified atom stereocenters. The molecule has 1 N–H and O–H groups in total. The molecule has 2 aromatic carbocycles. The number of hydrazone groups is 1. The second-order valence-corrected chi connectivity index (χ2v) is 7.02. The first-order valence-electron chi connectivity index (χ1n) is 7.63. The lowest BCUT2D eigenvalue weighted by Crippen LogP contribution is -2.21. The number of ether oxygens (including phenoxy) is 1. The molecule has 3 rings (SSSR count). The number of hydrogen-bond donors (Lipinski definition) is 1. The van der Waals surface area contributed by atoms with Crippen LogP contribution in [0.15, 0.2) is 64.1 Å². The quantitative estimate of drug-likeness (QED) is 0.658. The summed E-state index contributed by atoms with van der Waals surface area (Å²) in [6, 6.07) is 12.5. The van der Waals surface area contributed by atoms with Crippen LogP contribution in [0.1, 0.15) is 12.5 Å². The topological polar surface area (TPSA) is 96.3 Å². The van der Waals surface area contributed by atoms with Crippen LogP contribution in [0.5, 0.6) is 5.75 Å². The van der Waals surface area contributed by atoms with Gasteiger partial charge < -0.3 is 4.74 Å². The van der Waals surface area contributed by atoms with Crippen molar-refractivity contribution in [1.82, 2.24) is 0 Å². The molecule has 7 nitrogen and oxygen atoms in total. The van der Waals surface area contributed by atoms with Gasteiger partial charge in [0.15, 0.2) is 0 Å². The van der Waals surface area contributed by atoms with E-state index in [1.54, 1.807) is 32.2 Å². The molecular weight excluding hydrogens is 356 g/mol. The third kappa shape index (κ3) is 3.51. The summed E-state index contributed by atoms with van der Waals surface area (Å²) >= 11 is 0. The molecule has 0 saturated heterocycles. The highest BCUT2D eigenvalue weighted by Crippen LogP contribution is 2.26. The molecule has 0 bridgehead atoms. The number of amides is 1. The van der Waals surface area contributed by atoms with Gasteiger partial charge in [0.1, 0.15) is 5.75 Å². The van der Waals surface area contributed by atoms with Crippen LogP contribution >= 0.6 is 0 Å². The minimum Gasteiger partial charge on any atom is -0.497 e. The van der Waals surface area contributed by atoms with E-state index in [1.165, 1.54) is 29.3 Å². The first-order valence-corrected chi connectivity index (χ1v) is 9.07. The van der Waals surface area contributed by atoms with E-state index in [1.807, 2.05) is 12.1 Å². The van der Waals surface area contributed by atoms with Gasteiger partial charge in [0.05, 0.1) is 29.0 Å². The Labute approximate surface area is 151 Å². The van der Waals surface area contributed by atoms with Gasteiger partial charge in [-0.1, -0.05) is 12.1 Å². The summed E-state index contributed by atoms with van der Waals surface area (Å²) in [5.74, 6) is 0.397. The van der Waals surface area contributed by atoms with Gasteiger partial charge in [-0.25, -0.2) is 0 Å². The Hall–Kier alpha value is -2.97. The lowest BCUT2D eigenvalue weighted by Gasteiger charge is -2.12. The van der Waals surface area contributed by atoms with Crippen LogP contribution in [0.2, 0.25) is 0 Å². The lowest BCUT2D eigenvalue weighted by molar-refractivity contribution is -0.114. The second kappa shape index (κ2) is 6.74. The van der Waals surface area contributed by atoms with Gasteiger partial charge in [-0.3, -0.25) is 9.35 Å². The molecule has 1 aliphatic rings. The molecule has 0 aromatic heterocycles. The normalized spacial score (nSPS) is 16.1. The average molecular weight is 372 g/mol. The van der Waals surface area contributed by atoms with Crippen molar-refractivity contribution in [2.45, 2.75) is 11.8 Å². The second-order valence-electron chi connectivity index (χ2n) is 5.60. The fourth-order valence-corrected chi connectivity index (χ4v) is 2.97. The number of nitrogens with zero attached hydrogens (tertiary/aromatic N) is 2. The van der Waals surface area contributed by atoms with Crippen LogP contribution in [0, 0.1) is 0 Å². The van der Waals surface area contributed by atoms with Crippen LogP contribution in [0.25, 0.3) is 6.08 Å². The highest BCUT2D eigenvalue weighted by atomic mass is 32.2. The summed E-state index contributed by atoms with van der Waals surface area (Å²) in [7, 11) is -2.71. The maximum absolute atomic E-state index is 12.7. The number of carbonyl (C=O) groups excluding carboxylic acids is 1. The standard InChI is InChI=1S/C18H16N2O5S/c1-12-17(11-13-3-7-15(25-2)8-4-13)18(21)20(19-12)14-5-9-16(10-6-14)26(22,23)24/h3-11H,1-2H3,(H,22,23,24). The summed E-state index contributed by atoms with van der Waals surface area (Å²) in [4.78, 5) is 12.4. The Bertz CT molecular complexity index is 1010. The van der Waals surface area contributed by atoms with E-state index in [2.05, 4.69) is 5.10 Å². The van der Waals surface area contributed by atoms with Gasteiger partial charge in [0.2, 0.25) is 0 Å². The van der Waals surface area contributed by atoms with E-state index in [9.17, 15) is 13.2 Å². The molecule has 0 aliphatic carbocycles. The van der Waals surface area contributed by atoms with Crippen LogP contribution in [-0.4, -0.2) is 31.7 Å². The van der Waals surface area contributed by atoms with E-state index in [-0.39, 0.29) is 10.8 Å². The van der Waals surface area contributed by atoms with Gasteiger partial charge in [0.25, 0.3) is 16.0 Å².